The average molecular weight is 201 g/mol. The van der Waals surface area contributed by atoms with Gasteiger partial charge in [0.2, 0.25) is 5.91 Å². The van der Waals surface area contributed by atoms with Crippen LogP contribution in [-0.2, 0) is 9.53 Å². The molecule has 0 aliphatic carbocycles. The van der Waals surface area contributed by atoms with E-state index in [2.05, 4.69) is 0 Å². The summed E-state index contributed by atoms with van der Waals surface area (Å²) < 4.78 is 5.18. The molecule has 1 aliphatic heterocycles. The van der Waals surface area contributed by atoms with E-state index in [0.29, 0.717) is 12.8 Å². The summed E-state index contributed by atoms with van der Waals surface area (Å²) in [5.74, 6) is 0.193. The Hall–Kier alpha value is -0.610. The van der Waals surface area contributed by atoms with Crippen molar-refractivity contribution in [1.29, 1.82) is 0 Å². The predicted octanol–water partition coefficient (Wildman–Crippen LogP) is 0.396. The van der Waals surface area contributed by atoms with Crippen molar-refractivity contribution in [2.45, 2.75) is 31.8 Å². The number of likely N-dealkylation sites (tertiary alicyclic amines) is 1. The third kappa shape index (κ3) is 3.27. The molecule has 1 fully saturated rings. The molecule has 4 nitrogen and oxygen atoms in total. The number of unbranched alkanes of at least 4 members (excludes halogenated alkanes) is 1. The highest BCUT2D eigenvalue weighted by Gasteiger charge is 2.25. The molecule has 1 aliphatic rings. The molecule has 0 bridgehead atoms. The number of hydrogen-bond acceptors (Lipinski definition) is 3. The van der Waals surface area contributed by atoms with Crippen LogP contribution in [0.25, 0.3) is 0 Å². The van der Waals surface area contributed by atoms with E-state index in [4.69, 9.17) is 9.84 Å². The molecule has 1 heterocycles. The molecule has 1 saturated heterocycles. The molecule has 0 spiro atoms. The zero-order chi connectivity index (χ0) is 10.4. The van der Waals surface area contributed by atoms with Gasteiger partial charge < -0.3 is 14.7 Å². The van der Waals surface area contributed by atoms with Crippen LogP contribution in [0.3, 0.4) is 0 Å². The maximum absolute atomic E-state index is 11.6. The number of methoxy groups -OCH3 is 1. The summed E-state index contributed by atoms with van der Waals surface area (Å²) in [6.07, 6.45) is 3.22. The van der Waals surface area contributed by atoms with Gasteiger partial charge in [-0.05, 0) is 19.3 Å². The van der Waals surface area contributed by atoms with Gasteiger partial charge in [-0.3, -0.25) is 4.79 Å². The number of hydrogen-bond donors (Lipinski definition) is 1. The lowest BCUT2D eigenvalue weighted by Crippen LogP contribution is -2.29. The lowest BCUT2D eigenvalue weighted by atomic mass is 10.2. The minimum absolute atomic E-state index is 0.175. The third-order valence-corrected chi connectivity index (χ3v) is 2.63. The number of aliphatic hydroxyl groups excluding tert-OH is 1. The van der Waals surface area contributed by atoms with Crippen molar-refractivity contribution in [3.63, 3.8) is 0 Å². The molecule has 1 rings (SSSR count). The van der Waals surface area contributed by atoms with Crippen LogP contribution in [0.2, 0.25) is 0 Å². The molecule has 0 aromatic carbocycles. The van der Waals surface area contributed by atoms with E-state index in [9.17, 15) is 4.79 Å². The highest BCUT2D eigenvalue weighted by molar-refractivity contribution is 5.76. The van der Waals surface area contributed by atoms with Crippen LogP contribution in [0.4, 0.5) is 0 Å². The smallest absolute Gasteiger partial charge is 0.222 e. The summed E-state index contributed by atoms with van der Waals surface area (Å²) in [5, 5.41) is 8.58. The first kappa shape index (κ1) is 11.5. The van der Waals surface area contributed by atoms with E-state index in [1.807, 2.05) is 4.90 Å². The Labute approximate surface area is 84.8 Å². The van der Waals surface area contributed by atoms with Gasteiger partial charge in [-0.15, -0.1) is 0 Å². The summed E-state index contributed by atoms with van der Waals surface area (Å²) in [4.78, 5) is 13.4. The molecule has 4 heteroatoms. The second-order valence-electron chi connectivity index (χ2n) is 3.67. The SMILES string of the molecule is COC1CCN(C(=O)CCCCO)C1. The summed E-state index contributed by atoms with van der Waals surface area (Å²) >= 11 is 0. The van der Waals surface area contributed by atoms with E-state index >= 15 is 0 Å². The minimum atomic E-state index is 0.175. The molecule has 1 atom stereocenters. The first-order valence-corrected chi connectivity index (χ1v) is 5.19. The Kier molecular flexibility index (Phi) is 4.90. The Bertz CT molecular complexity index is 184. The molecule has 0 radical (unpaired) electrons. The molecule has 0 aromatic heterocycles. The lowest BCUT2D eigenvalue weighted by molar-refractivity contribution is -0.130. The zero-order valence-electron chi connectivity index (χ0n) is 8.74. The number of carbonyl (C=O) groups excluding carboxylic acids is 1. The molecule has 14 heavy (non-hydrogen) atoms. The second kappa shape index (κ2) is 5.98. The van der Waals surface area contributed by atoms with E-state index in [-0.39, 0.29) is 18.6 Å². The molecule has 1 amide bonds. The predicted molar refractivity (Wildman–Crippen MR) is 52.9 cm³/mol. The van der Waals surface area contributed by atoms with Crippen molar-refractivity contribution in [3.8, 4) is 0 Å². The van der Waals surface area contributed by atoms with Gasteiger partial charge in [-0.25, -0.2) is 0 Å². The number of aliphatic hydroxyl groups is 1. The number of nitrogens with zero attached hydrogens (tertiary/aromatic N) is 1. The molecule has 82 valence electrons. The molecule has 0 saturated carbocycles. The zero-order valence-corrected chi connectivity index (χ0v) is 8.74. The van der Waals surface area contributed by atoms with Gasteiger partial charge in [-0.2, -0.15) is 0 Å². The molecule has 0 aromatic rings. The number of rotatable bonds is 5. The third-order valence-electron chi connectivity index (χ3n) is 2.63. The highest BCUT2D eigenvalue weighted by atomic mass is 16.5. The van der Waals surface area contributed by atoms with Gasteiger partial charge in [0.15, 0.2) is 0 Å². The maximum Gasteiger partial charge on any atom is 0.222 e. The van der Waals surface area contributed by atoms with Gasteiger partial charge in [0, 0.05) is 33.2 Å². The second-order valence-corrected chi connectivity index (χ2v) is 3.67. The van der Waals surface area contributed by atoms with Crippen LogP contribution in [0.15, 0.2) is 0 Å². The molecule has 1 N–H and O–H groups in total. The topological polar surface area (TPSA) is 49.8 Å². The Morgan fingerprint density at radius 1 is 1.57 bits per heavy atom. The van der Waals surface area contributed by atoms with E-state index < -0.39 is 0 Å². The lowest BCUT2D eigenvalue weighted by Gasteiger charge is -2.15. The van der Waals surface area contributed by atoms with Crippen molar-refractivity contribution in [3.05, 3.63) is 0 Å². The van der Waals surface area contributed by atoms with Crippen LogP contribution < -0.4 is 0 Å². The summed E-state index contributed by atoms with van der Waals surface area (Å²) in [5.41, 5.74) is 0. The van der Waals surface area contributed by atoms with Crippen LogP contribution in [0.1, 0.15) is 25.7 Å². The number of ether oxygens (including phenoxy) is 1. The van der Waals surface area contributed by atoms with Crippen LogP contribution >= 0.6 is 0 Å². The average Bonchev–Trinajstić information content (AvgIpc) is 2.66. The maximum atomic E-state index is 11.6. The first-order chi connectivity index (χ1) is 6.77. The monoisotopic (exact) mass is 201 g/mol. The minimum Gasteiger partial charge on any atom is -0.396 e. The van der Waals surface area contributed by atoms with Gasteiger partial charge in [-0.1, -0.05) is 0 Å². The normalized spacial score (nSPS) is 21.6. The summed E-state index contributed by atoms with van der Waals surface area (Å²) in [6.45, 7) is 1.72. The largest absolute Gasteiger partial charge is 0.396 e. The van der Waals surface area contributed by atoms with E-state index in [1.54, 1.807) is 7.11 Å². The quantitative estimate of drug-likeness (QED) is 0.655. The fourth-order valence-electron chi connectivity index (χ4n) is 1.69. The van der Waals surface area contributed by atoms with Crippen molar-refractivity contribution in [1.82, 2.24) is 4.90 Å². The van der Waals surface area contributed by atoms with Gasteiger partial charge >= 0.3 is 0 Å². The van der Waals surface area contributed by atoms with Gasteiger partial charge in [0.25, 0.3) is 0 Å². The first-order valence-electron chi connectivity index (χ1n) is 5.19. The Morgan fingerprint density at radius 3 is 2.93 bits per heavy atom. The van der Waals surface area contributed by atoms with Crippen LogP contribution in [0.5, 0.6) is 0 Å². The van der Waals surface area contributed by atoms with E-state index in [1.165, 1.54) is 0 Å². The van der Waals surface area contributed by atoms with Crippen LogP contribution in [0, 0.1) is 0 Å². The fourth-order valence-corrected chi connectivity index (χ4v) is 1.69. The Balaban J connectivity index is 2.18. The summed E-state index contributed by atoms with van der Waals surface area (Å²) in [6, 6.07) is 0. The van der Waals surface area contributed by atoms with Crippen molar-refractivity contribution >= 4 is 5.91 Å². The van der Waals surface area contributed by atoms with Gasteiger partial charge in [0.05, 0.1) is 6.10 Å². The summed E-state index contributed by atoms with van der Waals surface area (Å²) in [7, 11) is 1.68. The highest BCUT2D eigenvalue weighted by Crippen LogP contribution is 2.13. The Morgan fingerprint density at radius 2 is 2.36 bits per heavy atom. The van der Waals surface area contributed by atoms with Crippen molar-refractivity contribution < 1.29 is 14.6 Å². The van der Waals surface area contributed by atoms with E-state index in [0.717, 1.165) is 25.9 Å². The number of carbonyl (C=O) groups is 1. The number of amides is 1. The molecular formula is C10H19NO3. The van der Waals surface area contributed by atoms with Crippen LogP contribution in [-0.4, -0.2) is 48.8 Å². The standard InChI is InChI=1S/C10H19NO3/c1-14-9-5-6-11(8-9)10(13)4-2-3-7-12/h9,12H,2-8H2,1H3. The molecular weight excluding hydrogens is 182 g/mol. The van der Waals surface area contributed by atoms with Crippen molar-refractivity contribution in [2.75, 3.05) is 26.8 Å². The fraction of sp³-hybridized carbons (Fsp3) is 0.900. The van der Waals surface area contributed by atoms with Gasteiger partial charge in [0.1, 0.15) is 0 Å². The van der Waals surface area contributed by atoms with Crippen molar-refractivity contribution in [2.24, 2.45) is 0 Å². The molecule has 1 unspecified atom stereocenters.